The maximum atomic E-state index is 13.0. The molecule has 0 radical (unpaired) electrons. The zero-order valence-corrected chi connectivity index (χ0v) is 17.8. The van der Waals surface area contributed by atoms with E-state index in [4.69, 9.17) is 4.74 Å². The highest BCUT2D eigenvalue weighted by atomic mass is 19.4. The third-order valence-electron chi connectivity index (χ3n) is 5.79. The fourth-order valence-electron chi connectivity index (χ4n) is 4.03. The smallest absolute Gasteiger partial charge is 0.406 e. The number of alkyl halides is 3. The summed E-state index contributed by atoms with van der Waals surface area (Å²) in [7, 11) is 2.11. The largest absolute Gasteiger partial charge is 0.573 e. The van der Waals surface area contributed by atoms with E-state index in [0.29, 0.717) is 17.7 Å². The van der Waals surface area contributed by atoms with Crippen molar-refractivity contribution in [2.75, 3.05) is 46.4 Å². The highest BCUT2D eigenvalue weighted by Crippen LogP contribution is 2.36. The number of nitrogens with zero attached hydrogens (tertiary/aromatic N) is 3. The molecule has 0 aromatic heterocycles. The number of hydrogen-bond donors (Lipinski definition) is 0. The second-order valence-electron chi connectivity index (χ2n) is 8.08. The molecule has 172 valence electrons. The molecule has 0 N–H and O–H groups in total. The van der Waals surface area contributed by atoms with E-state index in [1.165, 1.54) is 24.3 Å². The molecule has 6 nitrogen and oxygen atoms in total. The Bertz CT molecular complexity index is 928. The van der Waals surface area contributed by atoms with Gasteiger partial charge in [0, 0.05) is 50.4 Å². The molecule has 0 bridgehead atoms. The van der Waals surface area contributed by atoms with Crippen molar-refractivity contribution in [1.29, 1.82) is 0 Å². The van der Waals surface area contributed by atoms with Gasteiger partial charge in [-0.25, -0.2) is 0 Å². The molecule has 1 atom stereocenters. The topological polar surface area (TPSA) is 45.2 Å². The summed E-state index contributed by atoms with van der Waals surface area (Å²) in [5, 5.41) is 0. The molecule has 32 heavy (non-hydrogen) atoms. The third kappa shape index (κ3) is 5.40. The number of ether oxygens (including phenoxy) is 2. The Labute approximate surface area is 185 Å². The molecule has 9 heteroatoms. The Balaban J connectivity index is 1.43. The van der Waals surface area contributed by atoms with Crippen LogP contribution >= 0.6 is 0 Å². The van der Waals surface area contributed by atoms with Crippen molar-refractivity contribution < 1.29 is 27.4 Å². The minimum Gasteiger partial charge on any atom is -0.406 e. The first-order valence-corrected chi connectivity index (χ1v) is 10.6. The molecule has 2 heterocycles. The van der Waals surface area contributed by atoms with E-state index < -0.39 is 12.6 Å². The maximum absolute atomic E-state index is 13.0. The quantitative estimate of drug-likeness (QED) is 0.648. The van der Waals surface area contributed by atoms with Crippen molar-refractivity contribution in [2.45, 2.75) is 19.1 Å². The van der Waals surface area contributed by atoms with Crippen molar-refractivity contribution >= 4 is 5.91 Å². The molecule has 1 fully saturated rings. The van der Waals surface area contributed by atoms with E-state index in [2.05, 4.69) is 21.6 Å². The van der Waals surface area contributed by atoms with Crippen LogP contribution in [0.25, 0.3) is 0 Å². The highest BCUT2D eigenvalue weighted by Gasteiger charge is 2.37. The number of fused-ring (bicyclic) bond motifs is 1. The van der Waals surface area contributed by atoms with Gasteiger partial charge in [-0.3, -0.25) is 9.69 Å². The summed E-state index contributed by atoms with van der Waals surface area (Å²) >= 11 is 0. The van der Waals surface area contributed by atoms with Crippen LogP contribution in [0.4, 0.5) is 13.2 Å². The lowest BCUT2D eigenvalue weighted by Gasteiger charge is -2.33. The van der Waals surface area contributed by atoms with Gasteiger partial charge in [0.25, 0.3) is 5.91 Å². The summed E-state index contributed by atoms with van der Waals surface area (Å²) in [4.78, 5) is 19.3. The Hall–Kier alpha value is -2.62. The predicted octanol–water partition coefficient (Wildman–Crippen LogP) is 3.50. The Morgan fingerprint density at radius 1 is 1.00 bits per heavy atom. The van der Waals surface area contributed by atoms with Crippen LogP contribution in [-0.4, -0.2) is 73.3 Å². The molecule has 2 aliphatic heterocycles. The minimum absolute atomic E-state index is 0.152. The van der Waals surface area contributed by atoms with Crippen molar-refractivity contribution in [3.63, 3.8) is 0 Å². The van der Waals surface area contributed by atoms with Gasteiger partial charge in [-0.05, 0) is 30.8 Å². The van der Waals surface area contributed by atoms with Crippen LogP contribution in [0.2, 0.25) is 0 Å². The molecule has 4 rings (SSSR count). The number of halogens is 3. The second kappa shape index (κ2) is 9.48. The van der Waals surface area contributed by atoms with Gasteiger partial charge in [0.15, 0.2) is 6.23 Å². The number of hydrogen-bond acceptors (Lipinski definition) is 5. The summed E-state index contributed by atoms with van der Waals surface area (Å²) < 4.78 is 47.3. The van der Waals surface area contributed by atoms with Crippen molar-refractivity contribution in [1.82, 2.24) is 14.7 Å². The number of amides is 1. The van der Waals surface area contributed by atoms with Crippen LogP contribution in [0.5, 0.6) is 5.75 Å². The van der Waals surface area contributed by atoms with E-state index in [9.17, 15) is 18.0 Å². The molecule has 2 aromatic rings. The van der Waals surface area contributed by atoms with Crippen molar-refractivity contribution in [3.05, 3.63) is 65.2 Å². The molecule has 2 aromatic carbocycles. The number of rotatable bonds is 7. The van der Waals surface area contributed by atoms with E-state index >= 15 is 0 Å². The van der Waals surface area contributed by atoms with Gasteiger partial charge in [-0.2, -0.15) is 0 Å². The normalized spacial score (nSPS) is 19.9. The van der Waals surface area contributed by atoms with Gasteiger partial charge >= 0.3 is 6.36 Å². The molecule has 1 amide bonds. The summed E-state index contributed by atoms with van der Waals surface area (Å²) in [5.74, 6) is -0.446. The maximum Gasteiger partial charge on any atom is 0.573 e. The molecule has 1 unspecified atom stereocenters. The molecule has 2 aliphatic rings. The number of likely N-dealkylation sites (N-methyl/N-ethyl adjacent to an activating group) is 1. The fourth-order valence-corrected chi connectivity index (χ4v) is 4.03. The zero-order chi connectivity index (χ0) is 22.7. The SMILES string of the molecule is CN1CCN(CCOC2c3ccccc3C(=O)N2Cc2ccc(OC(F)(F)F)cc2)CC1. The van der Waals surface area contributed by atoms with Crippen LogP contribution < -0.4 is 4.74 Å². The van der Waals surface area contributed by atoms with Crippen molar-refractivity contribution in [3.8, 4) is 5.75 Å². The van der Waals surface area contributed by atoms with Gasteiger partial charge < -0.3 is 19.3 Å². The lowest BCUT2D eigenvalue weighted by atomic mass is 10.1. The van der Waals surface area contributed by atoms with Gasteiger partial charge in [-0.15, -0.1) is 13.2 Å². The van der Waals surface area contributed by atoms with Crippen LogP contribution in [0.1, 0.15) is 27.7 Å². The predicted molar refractivity (Wildman–Crippen MR) is 112 cm³/mol. The van der Waals surface area contributed by atoms with Crippen LogP contribution in [0, 0.1) is 0 Å². The molecular weight excluding hydrogens is 423 g/mol. The first-order chi connectivity index (χ1) is 15.3. The molecule has 0 aliphatic carbocycles. The fraction of sp³-hybridized carbons (Fsp3) is 0.435. The molecule has 0 saturated carbocycles. The van der Waals surface area contributed by atoms with Gasteiger partial charge in [0.05, 0.1) is 6.61 Å². The lowest BCUT2D eigenvalue weighted by molar-refractivity contribution is -0.274. The van der Waals surface area contributed by atoms with Gasteiger partial charge in [0.1, 0.15) is 5.75 Å². The summed E-state index contributed by atoms with van der Waals surface area (Å²) in [5.41, 5.74) is 2.09. The summed E-state index contributed by atoms with van der Waals surface area (Å²) in [6.45, 7) is 5.48. The molecule has 0 spiro atoms. The van der Waals surface area contributed by atoms with Crippen molar-refractivity contribution in [2.24, 2.45) is 0 Å². The third-order valence-corrected chi connectivity index (χ3v) is 5.79. The average molecular weight is 449 g/mol. The first kappa shape index (κ1) is 22.6. The number of benzene rings is 2. The van der Waals surface area contributed by atoms with Crippen LogP contribution in [-0.2, 0) is 11.3 Å². The Kier molecular flexibility index (Phi) is 6.68. The van der Waals surface area contributed by atoms with E-state index in [-0.39, 0.29) is 18.2 Å². The minimum atomic E-state index is -4.74. The Morgan fingerprint density at radius 2 is 1.69 bits per heavy atom. The summed E-state index contributed by atoms with van der Waals surface area (Å²) in [6.07, 6.45) is -5.27. The number of carbonyl (C=O) groups is 1. The van der Waals surface area contributed by atoms with E-state index in [1.807, 2.05) is 18.2 Å². The van der Waals surface area contributed by atoms with Gasteiger partial charge in [-0.1, -0.05) is 30.3 Å². The molecule has 1 saturated heterocycles. The first-order valence-electron chi connectivity index (χ1n) is 10.6. The van der Waals surface area contributed by atoms with Crippen LogP contribution in [0.3, 0.4) is 0 Å². The lowest BCUT2D eigenvalue weighted by Crippen LogP contribution is -2.45. The number of carbonyl (C=O) groups excluding carboxylic acids is 1. The highest BCUT2D eigenvalue weighted by molar-refractivity contribution is 5.98. The Morgan fingerprint density at radius 3 is 2.38 bits per heavy atom. The second-order valence-corrected chi connectivity index (χ2v) is 8.08. The summed E-state index contributed by atoms with van der Waals surface area (Å²) in [6, 6.07) is 12.9. The molecular formula is C23H26F3N3O3. The van der Waals surface area contributed by atoms with E-state index in [0.717, 1.165) is 38.3 Å². The number of piperazine rings is 1. The van der Waals surface area contributed by atoms with Gasteiger partial charge in [0.2, 0.25) is 0 Å². The average Bonchev–Trinajstić information content (AvgIpc) is 3.02. The van der Waals surface area contributed by atoms with E-state index in [1.54, 1.807) is 11.0 Å². The van der Waals surface area contributed by atoms with Crippen LogP contribution in [0.15, 0.2) is 48.5 Å². The zero-order valence-electron chi connectivity index (χ0n) is 17.8. The monoisotopic (exact) mass is 449 g/mol. The standard InChI is InChI=1S/C23H26F3N3O3/c1-27-10-12-28(13-11-27)14-15-31-22-20-5-3-2-4-19(20)21(30)29(22)16-17-6-8-18(9-7-17)32-23(24,25)26/h2-9,22H,10-16H2,1H3.